The van der Waals surface area contributed by atoms with Gasteiger partial charge in [0.1, 0.15) is 0 Å². The Morgan fingerprint density at radius 1 is 0.447 bits per heavy atom. The molecule has 0 atom stereocenters. The molecule has 0 fully saturated rings. The van der Waals surface area contributed by atoms with Crippen molar-refractivity contribution in [2.24, 2.45) is 0 Å². The molecule has 2 heterocycles. The van der Waals surface area contributed by atoms with Crippen LogP contribution in [0, 0.1) is 0 Å². The molecule has 0 saturated carbocycles. The molecule has 0 aliphatic carbocycles. The van der Waals surface area contributed by atoms with E-state index in [2.05, 4.69) is 9.05 Å². The van der Waals surface area contributed by atoms with Crippen molar-refractivity contribution in [2.75, 3.05) is 4.17 Å². The molecule has 2 aliphatic rings. The molecule has 47 heavy (non-hydrogen) atoms. The molecule has 0 saturated heterocycles. The van der Waals surface area contributed by atoms with Gasteiger partial charge in [0.25, 0.3) is 0 Å². The number of hydrogen-bond donors (Lipinski definition) is 0. The Bertz CT molecular complexity index is 1410. The quantitative estimate of drug-likeness (QED) is 0.129. The maximum atomic E-state index is 15.4. The van der Waals surface area contributed by atoms with Gasteiger partial charge in [0, 0.05) is 0 Å². The van der Waals surface area contributed by atoms with Crippen molar-refractivity contribution in [1.29, 1.82) is 0 Å². The van der Waals surface area contributed by atoms with E-state index in [-0.39, 0.29) is 36.4 Å². The predicted octanol–water partition coefficient (Wildman–Crippen LogP) is 9.65. The molecule has 2 nitrogen and oxygen atoms in total. The third kappa shape index (κ3) is 4.10. The van der Waals surface area contributed by atoms with E-state index < -0.39 is 92.6 Å². The monoisotopic (exact) mass is 856 g/mol. The minimum absolute atomic E-state index is 0.0587. The van der Waals surface area contributed by atoms with Crippen LogP contribution in [0.3, 0.4) is 0 Å². The van der Waals surface area contributed by atoms with Gasteiger partial charge in [-0.3, -0.25) is 0 Å². The van der Waals surface area contributed by atoms with Crippen LogP contribution in [-0.4, -0.2) is 52.6 Å². The zero-order chi connectivity index (χ0) is 36.5. The average molecular weight is 856 g/mol. The van der Waals surface area contributed by atoms with E-state index in [1.807, 2.05) is 0 Å². The van der Waals surface area contributed by atoms with Crippen LogP contribution in [0.5, 0.6) is 0 Å². The minimum atomic E-state index is -7.84. The van der Waals surface area contributed by atoms with Crippen molar-refractivity contribution in [3.8, 4) is 0 Å². The Balaban J connectivity index is 2.39. The Morgan fingerprint density at radius 2 is 0.681 bits per heavy atom. The van der Waals surface area contributed by atoms with Crippen LogP contribution >= 0.6 is 29.6 Å². The molecular weight excluding hydrogens is 846 g/mol. The molecule has 24 heteroatoms. The molecule has 0 unspecified atom stereocenters. The summed E-state index contributed by atoms with van der Waals surface area (Å²) in [5, 5.41) is -4.13. The van der Waals surface area contributed by atoms with E-state index in [0.29, 0.717) is 34.7 Å². The van der Waals surface area contributed by atoms with Gasteiger partial charge in [0.05, 0.1) is 0 Å². The Hall–Kier alpha value is -1.88. The number of rotatable bonds is 5. The summed E-state index contributed by atoms with van der Waals surface area (Å²) >= 11 is 0.562. The van der Waals surface area contributed by atoms with Crippen LogP contribution in [0.25, 0.3) is 0 Å². The zero-order valence-electron chi connectivity index (χ0n) is 21.5. The van der Waals surface area contributed by atoms with Crippen molar-refractivity contribution in [2.45, 2.75) is 59.6 Å². The number of halogens is 21. The van der Waals surface area contributed by atoms with Gasteiger partial charge < -0.3 is 0 Å². The second-order valence-corrected chi connectivity index (χ2v) is 16.0. The summed E-state index contributed by atoms with van der Waals surface area (Å²) in [5.74, 6) is -30.3. The number of fused-ring (bicyclic) bond motifs is 4. The van der Waals surface area contributed by atoms with Gasteiger partial charge in [-0.25, -0.2) is 0 Å². The molecule has 0 aromatic heterocycles. The molecule has 266 valence electrons. The van der Waals surface area contributed by atoms with Gasteiger partial charge in [-0.1, -0.05) is 0 Å². The van der Waals surface area contributed by atoms with Crippen LogP contribution < -0.4 is 10.6 Å². The molecule has 2 aliphatic heterocycles. The van der Waals surface area contributed by atoms with Crippen molar-refractivity contribution < 1.29 is 96.9 Å². The van der Waals surface area contributed by atoms with Gasteiger partial charge in [0.15, 0.2) is 0 Å². The summed E-state index contributed by atoms with van der Waals surface area (Å²) in [6.07, 6.45) is -30.2. The number of alkyl halides is 21. The first kappa shape index (κ1) is 37.9. The summed E-state index contributed by atoms with van der Waals surface area (Å²) in [4.78, 5) is 0. The van der Waals surface area contributed by atoms with Crippen LogP contribution in [0.1, 0.15) is 11.1 Å². The first-order chi connectivity index (χ1) is 20.8. The van der Waals surface area contributed by atoms with Gasteiger partial charge in [-0.05, 0) is 0 Å². The van der Waals surface area contributed by atoms with E-state index in [1.165, 1.54) is 0 Å². The van der Waals surface area contributed by atoms with Crippen LogP contribution in [0.2, 0.25) is 0 Å². The van der Waals surface area contributed by atoms with Crippen molar-refractivity contribution in [1.82, 2.24) is 0 Å². The topological polar surface area (TPSA) is 18.5 Å². The summed E-state index contributed by atoms with van der Waals surface area (Å²) in [6.45, 7) is 0. The normalized spacial score (nSPS) is 22.0. The summed E-state index contributed by atoms with van der Waals surface area (Å²) in [7, 11) is -7.84. The molecule has 0 radical (unpaired) electrons. The average Bonchev–Trinajstić information content (AvgIpc) is 3.36. The fraction of sp³-hybridized carbons (Fsp3) is 0.478. The molecular formula is C23H10F20IO2P. The Morgan fingerprint density at radius 3 is 0.894 bits per heavy atom. The van der Waals surface area contributed by atoms with Gasteiger partial charge in [0.2, 0.25) is 0 Å². The molecule has 2 aromatic carbocycles. The summed E-state index contributed by atoms with van der Waals surface area (Å²) in [5.41, 5.74) is -18.6. The van der Waals surface area contributed by atoms with Crippen LogP contribution in [-0.2, 0) is 20.2 Å². The van der Waals surface area contributed by atoms with Crippen molar-refractivity contribution in [3.63, 3.8) is 0 Å². The molecule has 4 rings (SSSR count). The van der Waals surface area contributed by atoms with Crippen LogP contribution in [0.4, 0.5) is 87.8 Å². The van der Waals surface area contributed by atoms with Crippen molar-refractivity contribution >= 4 is 40.3 Å². The van der Waals surface area contributed by atoms with E-state index >= 15 is 35.1 Å². The first-order valence-corrected chi connectivity index (χ1v) is 15.5. The van der Waals surface area contributed by atoms with E-state index in [9.17, 15) is 52.7 Å². The molecule has 2 aromatic rings. The second-order valence-electron chi connectivity index (χ2n) is 10.1. The maximum absolute atomic E-state index is 15.4. The van der Waals surface area contributed by atoms with Crippen LogP contribution in [0.15, 0.2) is 48.5 Å². The molecule has 0 N–H and O–H groups in total. The molecule has 0 amide bonds. The SMILES string of the molecule is FC(F)(F)C(F)(F)C1(C(F)(F)C(F)(F)F)OP2(CI)(OC(C(F)(F)C(F)(F)F)(C(F)(F)C(F)(F)F)c3ccccc32)c2ccccc21. The Labute approximate surface area is 260 Å². The zero-order valence-corrected chi connectivity index (χ0v) is 24.6. The predicted molar refractivity (Wildman–Crippen MR) is 127 cm³/mol. The van der Waals surface area contributed by atoms with E-state index in [1.54, 1.807) is 0 Å². The van der Waals surface area contributed by atoms with E-state index in [4.69, 9.17) is 0 Å². The number of benzene rings is 2. The van der Waals surface area contributed by atoms with Gasteiger partial charge >= 0.3 is 261 Å². The number of hydrogen-bond acceptors (Lipinski definition) is 2. The standard InChI is InChI=1S/C23H10F20IO2P/c24-16(25,20(32,33)34)14(17(26,27)21(35,36)37)10-5-1-3-7-12(10)47(9-44,45-14)13-8-4-2-6-11(13)15(46-47,18(28,29)22(38,39)40)19(30,31)23(41,42)43/h1-8H,9H2. The first-order valence-electron chi connectivity index (χ1n) is 11.7. The van der Waals surface area contributed by atoms with E-state index in [0.717, 1.165) is 0 Å². The summed E-state index contributed by atoms with van der Waals surface area (Å²) in [6, 6.07) is 0.235. The molecule has 1 spiro atoms. The third-order valence-electron chi connectivity index (χ3n) is 7.61. The van der Waals surface area contributed by atoms with Gasteiger partial charge in [-0.15, -0.1) is 0 Å². The third-order valence-corrected chi connectivity index (χ3v) is 15.8. The van der Waals surface area contributed by atoms with Crippen molar-refractivity contribution in [3.05, 3.63) is 59.7 Å². The molecule has 0 bridgehead atoms. The second kappa shape index (κ2) is 9.88. The fourth-order valence-electron chi connectivity index (χ4n) is 5.63. The summed E-state index contributed by atoms with van der Waals surface area (Å²) < 4.78 is 297. The Kier molecular flexibility index (Phi) is 7.97. The van der Waals surface area contributed by atoms with Gasteiger partial charge in [-0.2, -0.15) is 0 Å². The fourth-order valence-corrected chi connectivity index (χ4v) is 13.7.